The normalized spacial score (nSPS) is 16.9. The molecule has 2 N–H and O–H groups in total. The predicted octanol–water partition coefficient (Wildman–Crippen LogP) is 0.514. The first kappa shape index (κ1) is 17.2. The number of benzene rings is 1. The lowest BCUT2D eigenvalue weighted by atomic mass is 10.3. The van der Waals surface area contributed by atoms with Crippen molar-refractivity contribution in [2.24, 2.45) is 0 Å². The third-order valence-electron chi connectivity index (χ3n) is 3.27. The highest BCUT2D eigenvalue weighted by Crippen LogP contribution is 2.18. The average Bonchev–Trinajstić information content (AvgIpc) is 2.82. The topological polar surface area (TPSA) is 113 Å². The van der Waals surface area contributed by atoms with E-state index in [9.17, 15) is 18.0 Å². The Morgan fingerprint density at radius 2 is 2.13 bits per heavy atom. The highest BCUT2D eigenvalue weighted by atomic mass is 32.2. The van der Waals surface area contributed by atoms with Crippen molar-refractivity contribution in [3.63, 3.8) is 0 Å². The zero-order valence-electron chi connectivity index (χ0n) is 12.4. The maximum atomic E-state index is 11.9. The van der Waals surface area contributed by atoms with E-state index >= 15 is 0 Å². The molecule has 0 atom stereocenters. The van der Waals surface area contributed by atoms with Crippen LogP contribution >= 0.6 is 0 Å². The molecule has 1 amide bonds. The summed E-state index contributed by atoms with van der Waals surface area (Å²) in [4.78, 5) is 22.3. The summed E-state index contributed by atoms with van der Waals surface area (Å²) in [5.74, 6) is -0.946. The number of carbonyl (C=O) groups excluding carboxylic acids is 1. The van der Waals surface area contributed by atoms with Crippen molar-refractivity contribution in [1.29, 1.82) is 0 Å². The third-order valence-corrected chi connectivity index (χ3v) is 5.23. The number of rotatable bonds is 7. The molecule has 0 aromatic heterocycles. The van der Waals surface area contributed by atoms with Crippen LogP contribution < -0.4 is 10.1 Å². The number of hydrogen-bond donors (Lipinski definition) is 2. The summed E-state index contributed by atoms with van der Waals surface area (Å²) >= 11 is 0. The summed E-state index contributed by atoms with van der Waals surface area (Å²) in [5.41, 5.74) is 0.460. The van der Waals surface area contributed by atoms with Gasteiger partial charge in [-0.25, -0.2) is 17.5 Å². The third kappa shape index (κ3) is 5.22. The maximum Gasteiger partial charge on any atom is 0.341 e. The summed E-state index contributed by atoms with van der Waals surface area (Å²) < 4.78 is 29.6. The molecule has 1 fully saturated rings. The summed E-state index contributed by atoms with van der Waals surface area (Å²) in [7, 11) is -3.20. The second-order valence-electron chi connectivity index (χ2n) is 5.08. The summed E-state index contributed by atoms with van der Waals surface area (Å²) in [6, 6.07) is 6.35. The fourth-order valence-corrected chi connectivity index (χ4v) is 3.73. The van der Waals surface area contributed by atoms with E-state index in [1.165, 1.54) is 10.4 Å². The highest BCUT2D eigenvalue weighted by Gasteiger charge is 2.28. The van der Waals surface area contributed by atoms with Crippen LogP contribution in [0.15, 0.2) is 24.3 Å². The van der Waals surface area contributed by atoms with Crippen LogP contribution in [-0.4, -0.2) is 55.2 Å². The molecule has 23 heavy (non-hydrogen) atoms. The van der Waals surface area contributed by atoms with Crippen molar-refractivity contribution >= 4 is 27.6 Å². The molecule has 1 saturated heterocycles. The minimum Gasteiger partial charge on any atom is -0.482 e. The van der Waals surface area contributed by atoms with Crippen LogP contribution in [0.4, 0.5) is 5.69 Å². The molecule has 0 unspecified atom stereocenters. The van der Waals surface area contributed by atoms with E-state index in [0.717, 1.165) is 0 Å². The number of carboxylic acids is 1. The average molecular weight is 342 g/mol. The second-order valence-corrected chi connectivity index (χ2v) is 7.17. The Hall–Kier alpha value is -2.13. The minimum absolute atomic E-state index is 0.0550. The number of hydrogen-bond acceptors (Lipinski definition) is 5. The van der Waals surface area contributed by atoms with Crippen LogP contribution in [0.2, 0.25) is 0 Å². The fraction of sp³-hybridized carbons (Fsp3) is 0.429. The van der Waals surface area contributed by atoms with Gasteiger partial charge in [-0.15, -0.1) is 0 Å². The Bertz CT molecular complexity index is 688. The molecule has 1 heterocycles. The Balaban J connectivity index is 1.85. The smallest absolute Gasteiger partial charge is 0.341 e. The number of ether oxygens (including phenoxy) is 1. The van der Waals surface area contributed by atoms with E-state index < -0.39 is 22.6 Å². The highest BCUT2D eigenvalue weighted by molar-refractivity contribution is 7.89. The van der Waals surface area contributed by atoms with Gasteiger partial charge in [0.25, 0.3) is 0 Å². The van der Waals surface area contributed by atoms with Crippen molar-refractivity contribution < 1.29 is 27.9 Å². The molecule has 0 radical (unpaired) electrons. The number of aliphatic carboxylic acids is 1. The molecule has 0 bridgehead atoms. The molecule has 1 aliphatic heterocycles. The van der Waals surface area contributed by atoms with E-state index in [4.69, 9.17) is 9.84 Å². The first-order valence-corrected chi connectivity index (χ1v) is 8.70. The van der Waals surface area contributed by atoms with E-state index in [1.54, 1.807) is 18.2 Å². The molecule has 2 rings (SSSR count). The zero-order chi connectivity index (χ0) is 16.9. The van der Waals surface area contributed by atoms with Crippen molar-refractivity contribution in [3.05, 3.63) is 24.3 Å². The lowest BCUT2D eigenvalue weighted by molar-refractivity contribution is -0.139. The van der Waals surface area contributed by atoms with Gasteiger partial charge in [-0.2, -0.15) is 0 Å². The predicted molar refractivity (Wildman–Crippen MR) is 82.8 cm³/mol. The fourth-order valence-electron chi connectivity index (χ4n) is 2.20. The molecule has 0 spiro atoms. The Morgan fingerprint density at radius 3 is 2.78 bits per heavy atom. The summed E-state index contributed by atoms with van der Waals surface area (Å²) in [6.07, 6.45) is 0.645. The van der Waals surface area contributed by atoms with Crippen LogP contribution in [0, 0.1) is 0 Å². The molecule has 8 nitrogen and oxygen atoms in total. The van der Waals surface area contributed by atoms with Gasteiger partial charge >= 0.3 is 5.97 Å². The van der Waals surface area contributed by atoms with E-state index in [1.807, 2.05) is 0 Å². The van der Waals surface area contributed by atoms with E-state index in [0.29, 0.717) is 24.4 Å². The van der Waals surface area contributed by atoms with Crippen LogP contribution in [0.3, 0.4) is 0 Å². The van der Waals surface area contributed by atoms with Gasteiger partial charge in [0.2, 0.25) is 15.9 Å². The van der Waals surface area contributed by atoms with Crippen LogP contribution in [0.25, 0.3) is 0 Å². The van der Waals surface area contributed by atoms with Gasteiger partial charge in [-0.1, -0.05) is 6.07 Å². The number of nitrogens with zero attached hydrogens (tertiary/aromatic N) is 1. The van der Waals surface area contributed by atoms with E-state index in [-0.39, 0.29) is 24.6 Å². The van der Waals surface area contributed by atoms with Crippen LogP contribution in [0.1, 0.15) is 12.8 Å². The lowest BCUT2D eigenvalue weighted by Gasteiger charge is -2.14. The number of nitrogens with one attached hydrogen (secondary N) is 1. The number of anilines is 1. The molecule has 0 saturated carbocycles. The van der Waals surface area contributed by atoms with Gasteiger partial charge in [0.15, 0.2) is 6.61 Å². The number of carboxylic acid groups (broad SMARTS) is 1. The molecule has 1 aromatic rings. The molecule has 126 valence electrons. The van der Waals surface area contributed by atoms with Crippen molar-refractivity contribution in [2.45, 2.75) is 12.8 Å². The van der Waals surface area contributed by atoms with Gasteiger partial charge in [0, 0.05) is 31.3 Å². The molecular weight excluding hydrogens is 324 g/mol. The zero-order valence-corrected chi connectivity index (χ0v) is 13.2. The quantitative estimate of drug-likeness (QED) is 0.747. The number of amides is 1. The number of sulfonamides is 1. The van der Waals surface area contributed by atoms with Crippen LogP contribution in [0.5, 0.6) is 5.75 Å². The van der Waals surface area contributed by atoms with Gasteiger partial charge in [0.1, 0.15) is 5.75 Å². The molecular formula is C14H18N2O6S. The molecule has 0 aliphatic carbocycles. The van der Waals surface area contributed by atoms with Gasteiger partial charge in [0.05, 0.1) is 5.75 Å². The summed E-state index contributed by atoms with van der Waals surface area (Å²) in [5, 5.41) is 11.2. The SMILES string of the molecule is O=C(O)COc1cccc(NC(=O)CCN2CCCS2(=O)=O)c1. The monoisotopic (exact) mass is 342 g/mol. The molecule has 1 aliphatic rings. The number of carbonyl (C=O) groups is 2. The van der Waals surface area contributed by atoms with Crippen molar-refractivity contribution in [2.75, 3.05) is 30.8 Å². The molecule has 9 heteroatoms. The Kier molecular flexibility index (Phi) is 5.56. The molecule has 1 aromatic carbocycles. The van der Waals surface area contributed by atoms with Gasteiger partial charge in [-0.3, -0.25) is 4.79 Å². The van der Waals surface area contributed by atoms with Crippen molar-refractivity contribution in [3.8, 4) is 5.75 Å². The van der Waals surface area contributed by atoms with Crippen LogP contribution in [-0.2, 0) is 19.6 Å². The standard InChI is InChI=1S/C14H18N2O6S/c17-13(5-7-16-6-2-8-23(16,20)21)15-11-3-1-4-12(9-11)22-10-14(18)19/h1,3-4,9H,2,5-8,10H2,(H,15,17)(H,18,19). The Labute approximate surface area is 134 Å². The minimum atomic E-state index is -3.20. The van der Waals surface area contributed by atoms with Crippen molar-refractivity contribution in [1.82, 2.24) is 4.31 Å². The first-order chi connectivity index (χ1) is 10.9. The summed E-state index contributed by atoms with van der Waals surface area (Å²) in [6.45, 7) is 0.141. The Morgan fingerprint density at radius 1 is 1.35 bits per heavy atom. The van der Waals surface area contributed by atoms with E-state index in [2.05, 4.69) is 5.32 Å². The largest absolute Gasteiger partial charge is 0.482 e. The maximum absolute atomic E-state index is 11.9. The lowest BCUT2D eigenvalue weighted by Crippen LogP contribution is -2.29. The second kappa shape index (κ2) is 7.42. The van der Waals surface area contributed by atoms with Gasteiger partial charge in [-0.05, 0) is 18.6 Å². The van der Waals surface area contributed by atoms with Gasteiger partial charge < -0.3 is 15.2 Å². The first-order valence-electron chi connectivity index (χ1n) is 7.09.